The fraction of sp³-hybridized carbons (Fsp3) is 0.211. The van der Waals surface area contributed by atoms with Crippen LogP contribution < -0.4 is 4.74 Å². The second-order valence-corrected chi connectivity index (χ2v) is 7.40. The molecule has 3 aromatic rings. The molecule has 143 valence electrons. The van der Waals surface area contributed by atoms with E-state index in [0.717, 1.165) is 18.0 Å². The standard InChI is InChI=1S/C19H19NO6S.Na/c1-25-19(21)18(27(22,23)24)15-6-8-16(9-7-15)26-13-12-20-11-10-14-4-2-3-5-17(14)20;/h2-11,18H,12-13H2,1H3,(H,22,23,24);. The van der Waals surface area contributed by atoms with E-state index in [1.54, 1.807) is 12.1 Å². The first-order valence-electron chi connectivity index (χ1n) is 8.21. The van der Waals surface area contributed by atoms with E-state index in [2.05, 4.69) is 9.30 Å². The summed E-state index contributed by atoms with van der Waals surface area (Å²) in [5.41, 5.74) is 1.22. The largest absolute Gasteiger partial charge is 0.492 e. The van der Waals surface area contributed by atoms with E-state index < -0.39 is 21.3 Å². The van der Waals surface area contributed by atoms with Gasteiger partial charge in [0, 0.05) is 41.3 Å². The molecule has 1 aromatic heterocycles. The maximum atomic E-state index is 11.7. The van der Waals surface area contributed by atoms with Crippen LogP contribution >= 0.6 is 0 Å². The van der Waals surface area contributed by atoms with Crippen molar-refractivity contribution in [2.24, 2.45) is 0 Å². The smallest absolute Gasteiger partial charge is 0.331 e. The summed E-state index contributed by atoms with van der Waals surface area (Å²) in [7, 11) is -3.57. The van der Waals surface area contributed by atoms with E-state index in [0.29, 0.717) is 18.9 Å². The zero-order chi connectivity index (χ0) is 19.4. The molecule has 0 saturated heterocycles. The molecule has 0 bridgehead atoms. The molecule has 1 N–H and O–H groups in total. The Morgan fingerprint density at radius 3 is 2.43 bits per heavy atom. The minimum absolute atomic E-state index is 0. The summed E-state index contributed by atoms with van der Waals surface area (Å²) in [6.07, 6.45) is 1.99. The number of rotatable bonds is 7. The monoisotopic (exact) mass is 412 g/mol. The molecule has 1 heterocycles. The van der Waals surface area contributed by atoms with Crippen LogP contribution in [0, 0.1) is 0 Å². The summed E-state index contributed by atoms with van der Waals surface area (Å²) in [6, 6.07) is 16.0. The Balaban J connectivity index is 0.00000280. The first kappa shape index (κ1) is 22.4. The van der Waals surface area contributed by atoms with Gasteiger partial charge in [-0.3, -0.25) is 9.35 Å². The minimum Gasteiger partial charge on any atom is -0.492 e. The fourth-order valence-electron chi connectivity index (χ4n) is 2.87. The molecule has 7 nitrogen and oxygen atoms in total. The second-order valence-electron chi connectivity index (χ2n) is 5.90. The average molecular weight is 412 g/mol. The van der Waals surface area contributed by atoms with Crippen LogP contribution in [-0.4, -0.2) is 66.8 Å². The minimum atomic E-state index is -4.63. The average Bonchev–Trinajstić information content (AvgIpc) is 3.05. The van der Waals surface area contributed by atoms with Crippen LogP contribution in [0.5, 0.6) is 5.75 Å². The van der Waals surface area contributed by atoms with Gasteiger partial charge in [-0.2, -0.15) is 8.42 Å². The van der Waals surface area contributed by atoms with E-state index >= 15 is 0 Å². The van der Waals surface area contributed by atoms with Crippen LogP contribution in [0.2, 0.25) is 0 Å². The molecule has 0 saturated carbocycles. The summed E-state index contributed by atoms with van der Waals surface area (Å²) >= 11 is 0. The number of esters is 1. The number of hydrogen-bond donors (Lipinski definition) is 1. The van der Waals surface area contributed by atoms with Gasteiger partial charge in [-0.1, -0.05) is 30.3 Å². The van der Waals surface area contributed by atoms with Crippen molar-refractivity contribution in [3.8, 4) is 5.75 Å². The second kappa shape index (κ2) is 9.58. The summed E-state index contributed by atoms with van der Waals surface area (Å²) in [6.45, 7) is 1.06. The van der Waals surface area contributed by atoms with Crippen LogP contribution in [0.4, 0.5) is 0 Å². The molecule has 0 aliphatic carbocycles. The van der Waals surface area contributed by atoms with E-state index in [9.17, 15) is 17.8 Å². The Labute approximate surface area is 185 Å². The van der Waals surface area contributed by atoms with Gasteiger partial charge in [0.15, 0.2) is 0 Å². The van der Waals surface area contributed by atoms with Crippen molar-refractivity contribution in [3.63, 3.8) is 0 Å². The van der Waals surface area contributed by atoms with Gasteiger partial charge in [-0.25, -0.2) is 0 Å². The predicted molar refractivity (Wildman–Crippen MR) is 106 cm³/mol. The predicted octanol–water partition coefficient (Wildman–Crippen LogP) is 2.44. The van der Waals surface area contributed by atoms with Crippen molar-refractivity contribution in [1.29, 1.82) is 0 Å². The number of methoxy groups -OCH3 is 1. The van der Waals surface area contributed by atoms with Gasteiger partial charge < -0.3 is 14.0 Å². The van der Waals surface area contributed by atoms with Gasteiger partial charge in [0.25, 0.3) is 10.1 Å². The molecule has 28 heavy (non-hydrogen) atoms. The maximum Gasteiger partial charge on any atom is 0.331 e. The normalized spacial score (nSPS) is 12.2. The quantitative estimate of drug-likeness (QED) is 0.364. The molecule has 3 rings (SSSR count). The first-order valence-corrected chi connectivity index (χ1v) is 9.71. The molecule has 1 radical (unpaired) electrons. The number of carbonyl (C=O) groups excluding carboxylic acids is 1. The molecule has 1 atom stereocenters. The van der Waals surface area contributed by atoms with E-state index in [-0.39, 0.29) is 35.1 Å². The first-order chi connectivity index (χ1) is 12.9. The van der Waals surface area contributed by atoms with Gasteiger partial charge in [0.2, 0.25) is 5.25 Å². The van der Waals surface area contributed by atoms with Gasteiger partial charge in [-0.05, 0) is 35.2 Å². The van der Waals surface area contributed by atoms with Crippen molar-refractivity contribution >= 4 is 56.5 Å². The Morgan fingerprint density at radius 1 is 1.11 bits per heavy atom. The third-order valence-corrected chi connectivity index (χ3v) is 5.24. The summed E-state index contributed by atoms with van der Waals surface area (Å²) in [4.78, 5) is 11.7. The van der Waals surface area contributed by atoms with Crippen LogP contribution in [-0.2, 0) is 26.2 Å². The van der Waals surface area contributed by atoms with Crippen molar-refractivity contribution in [2.75, 3.05) is 13.7 Å². The number of ether oxygens (including phenoxy) is 2. The number of nitrogens with zero attached hydrogens (tertiary/aromatic N) is 1. The third-order valence-electron chi connectivity index (χ3n) is 4.18. The number of para-hydroxylation sites is 1. The summed E-state index contributed by atoms with van der Waals surface area (Å²) in [5, 5.41) is -0.622. The third kappa shape index (κ3) is 5.15. The number of hydrogen-bond acceptors (Lipinski definition) is 5. The Hall–Kier alpha value is -1.84. The number of carbonyl (C=O) groups is 1. The van der Waals surface area contributed by atoms with Gasteiger partial charge in [0.05, 0.1) is 13.7 Å². The van der Waals surface area contributed by atoms with E-state index in [4.69, 9.17) is 4.74 Å². The molecule has 0 spiro atoms. The van der Waals surface area contributed by atoms with E-state index in [1.807, 2.05) is 36.5 Å². The summed E-state index contributed by atoms with van der Waals surface area (Å²) < 4.78 is 44.4. The van der Waals surface area contributed by atoms with Gasteiger partial charge >= 0.3 is 5.97 Å². The Kier molecular flexibility index (Phi) is 7.68. The number of aromatic nitrogens is 1. The van der Waals surface area contributed by atoms with Crippen LogP contribution in [0.3, 0.4) is 0 Å². The maximum absolute atomic E-state index is 11.7. The molecule has 0 aliphatic heterocycles. The van der Waals surface area contributed by atoms with Crippen LogP contribution in [0.25, 0.3) is 10.9 Å². The molecule has 2 aromatic carbocycles. The van der Waals surface area contributed by atoms with Crippen molar-refractivity contribution in [2.45, 2.75) is 11.8 Å². The number of benzene rings is 2. The Morgan fingerprint density at radius 2 is 1.79 bits per heavy atom. The van der Waals surface area contributed by atoms with E-state index in [1.165, 1.54) is 12.1 Å². The fourth-order valence-corrected chi connectivity index (χ4v) is 3.71. The molecule has 9 heteroatoms. The van der Waals surface area contributed by atoms with Crippen molar-refractivity contribution in [1.82, 2.24) is 4.57 Å². The Bertz CT molecular complexity index is 1050. The zero-order valence-corrected chi connectivity index (χ0v) is 18.4. The molecular formula is C19H19NNaO6S. The van der Waals surface area contributed by atoms with Gasteiger partial charge in [0.1, 0.15) is 12.4 Å². The summed E-state index contributed by atoms with van der Waals surface area (Å²) in [5.74, 6) is -0.528. The van der Waals surface area contributed by atoms with Crippen molar-refractivity contribution < 1.29 is 27.2 Å². The van der Waals surface area contributed by atoms with Crippen LogP contribution in [0.1, 0.15) is 10.8 Å². The SMILES string of the molecule is COC(=O)C(c1ccc(OCCn2ccc3ccccc32)cc1)S(=O)(=O)O.[Na]. The number of fused-ring (bicyclic) bond motifs is 1. The molecule has 0 aliphatic rings. The molecular weight excluding hydrogens is 393 g/mol. The zero-order valence-electron chi connectivity index (χ0n) is 15.6. The van der Waals surface area contributed by atoms with Crippen LogP contribution in [0.15, 0.2) is 60.8 Å². The molecule has 0 amide bonds. The van der Waals surface area contributed by atoms with Crippen molar-refractivity contribution in [3.05, 3.63) is 66.4 Å². The van der Waals surface area contributed by atoms with Gasteiger partial charge in [-0.15, -0.1) is 0 Å². The topological polar surface area (TPSA) is 94.8 Å². The molecule has 1 unspecified atom stereocenters. The molecule has 0 fully saturated rings.